The summed E-state index contributed by atoms with van der Waals surface area (Å²) in [6.45, 7) is 6.10. The number of amides is 1. The van der Waals surface area contributed by atoms with Gasteiger partial charge in [-0.3, -0.25) is 4.79 Å². The molecule has 2 aromatic rings. The van der Waals surface area contributed by atoms with E-state index in [4.69, 9.17) is 4.42 Å². The lowest BCUT2D eigenvalue weighted by atomic mass is 9.84. The van der Waals surface area contributed by atoms with Gasteiger partial charge in [-0.1, -0.05) is 12.8 Å². The van der Waals surface area contributed by atoms with Crippen molar-refractivity contribution in [3.8, 4) is 0 Å². The molecule has 1 amide bonds. The Kier molecular flexibility index (Phi) is 4.83. The fourth-order valence-electron chi connectivity index (χ4n) is 3.63. The number of carbonyl (C=O) groups is 1. The van der Waals surface area contributed by atoms with E-state index in [1.165, 1.54) is 17.7 Å². The molecule has 0 aliphatic heterocycles. The van der Waals surface area contributed by atoms with Crippen LogP contribution in [-0.2, 0) is 5.41 Å². The molecule has 1 aliphatic rings. The van der Waals surface area contributed by atoms with Crippen molar-refractivity contribution in [3.05, 3.63) is 45.0 Å². The third-order valence-electron chi connectivity index (χ3n) is 4.99. The lowest BCUT2D eigenvalue weighted by molar-refractivity contribution is 0.0942. The van der Waals surface area contributed by atoms with Crippen LogP contribution in [0.1, 0.15) is 70.3 Å². The number of thiophene rings is 1. The summed E-state index contributed by atoms with van der Waals surface area (Å²) in [5, 5.41) is 12.9. The molecule has 4 nitrogen and oxygen atoms in total. The average molecular weight is 347 g/mol. The number of furan rings is 1. The molecule has 1 atom stereocenters. The number of hydrogen-bond donors (Lipinski definition) is 2. The van der Waals surface area contributed by atoms with Crippen LogP contribution in [-0.4, -0.2) is 17.6 Å². The highest BCUT2D eigenvalue weighted by Gasteiger charge is 2.37. The molecular weight excluding hydrogens is 322 g/mol. The average Bonchev–Trinajstić information content (AvgIpc) is 3.24. The maximum absolute atomic E-state index is 12.5. The zero-order chi connectivity index (χ0) is 17.3. The molecule has 3 rings (SSSR count). The van der Waals surface area contributed by atoms with Crippen molar-refractivity contribution >= 4 is 17.2 Å². The molecule has 0 saturated heterocycles. The van der Waals surface area contributed by atoms with Gasteiger partial charge in [0.2, 0.25) is 0 Å². The van der Waals surface area contributed by atoms with Crippen LogP contribution >= 0.6 is 11.3 Å². The molecule has 0 unspecified atom stereocenters. The molecular formula is C19H25NO3S. The van der Waals surface area contributed by atoms with Gasteiger partial charge in [0.05, 0.1) is 11.7 Å². The first-order chi connectivity index (χ1) is 11.4. The number of aliphatic hydroxyl groups is 1. The van der Waals surface area contributed by atoms with Crippen LogP contribution in [0.2, 0.25) is 0 Å². The van der Waals surface area contributed by atoms with Crippen LogP contribution < -0.4 is 5.32 Å². The van der Waals surface area contributed by atoms with Gasteiger partial charge in [0.15, 0.2) is 0 Å². The van der Waals surface area contributed by atoms with Crippen LogP contribution in [0.25, 0.3) is 0 Å². The van der Waals surface area contributed by atoms with E-state index in [0.29, 0.717) is 17.9 Å². The van der Waals surface area contributed by atoms with Gasteiger partial charge < -0.3 is 14.8 Å². The fraction of sp³-hybridized carbons (Fsp3) is 0.526. The molecule has 1 fully saturated rings. The van der Waals surface area contributed by atoms with E-state index >= 15 is 0 Å². The second-order valence-electron chi connectivity index (χ2n) is 6.88. The zero-order valence-corrected chi connectivity index (χ0v) is 15.3. The second kappa shape index (κ2) is 6.73. The Morgan fingerprint density at radius 1 is 1.38 bits per heavy atom. The number of aliphatic hydroxyl groups excluding tert-OH is 1. The Labute approximate surface area is 146 Å². The molecule has 0 radical (unpaired) electrons. The topological polar surface area (TPSA) is 62.5 Å². The second-order valence-corrected chi connectivity index (χ2v) is 7.99. The summed E-state index contributed by atoms with van der Waals surface area (Å²) < 4.78 is 5.46. The van der Waals surface area contributed by atoms with E-state index in [0.717, 1.165) is 23.5 Å². The van der Waals surface area contributed by atoms with Crippen molar-refractivity contribution in [2.24, 2.45) is 0 Å². The van der Waals surface area contributed by atoms with Crippen molar-refractivity contribution in [1.82, 2.24) is 5.32 Å². The predicted molar refractivity (Wildman–Crippen MR) is 95.6 cm³/mol. The first-order valence-electron chi connectivity index (χ1n) is 8.55. The summed E-state index contributed by atoms with van der Waals surface area (Å²) in [4.78, 5) is 14.8. The van der Waals surface area contributed by atoms with Crippen molar-refractivity contribution in [2.75, 3.05) is 6.54 Å². The monoisotopic (exact) mass is 347 g/mol. The number of nitrogens with one attached hydrogen (secondary N) is 1. The Morgan fingerprint density at radius 3 is 2.62 bits per heavy atom. The standard InChI is InChI=1S/C19H25NO3S/c1-12-10-15(14(3)23-12)18(22)20-11-19(8-4-5-9-19)17-7-6-16(24-17)13(2)21/h6-7,10,13,21H,4-5,8-9,11H2,1-3H3,(H,20,22)/t13-/m1/s1. The van der Waals surface area contributed by atoms with Gasteiger partial charge in [-0.05, 0) is 51.8 Å². The molecule has 2 N–H and O–H groups in total. The van der Waals surface area contributed by atoms with E-state index in [-0.39, 0.29) is 11.3 Å². The summed E-state index contributed by atoms with van der Waals surface area (Å²) in [5.74, 6) is 1.36. The first kappa shape index (κ1) is 17.2. The maximum Gasteiger partial charge on any atom is 0.254 e. The van der Waals surface area contributed by atoms with Gasteiger partial charge in [0, 0.05) is 21.7 Å². The summed E-state index contributed by atoms with van der Waals surface area (Å²) in [5.41, 5.74) is 0.622. The molecule has 2 heterocycles. The van der Waals surface area contributed by atoms with Crippen LogP contribution in [0.5, 0.6) is 0 Å². The number of aryl methyl sites for hydroxylation is 2. The van der Waals surface area contributed by atoms with Gasteiger partial charge in [-0.2, -0.15) is 0 Å². The maximum atomic E-state index is 12.5. The molecule has 1 aliphatic carbocycles. The van der Waals surface area contributed by atoms with Crippen molar-refractivity contribution in [2.45, 2.75) is 58.0 Å². The number of hydrogen-bond acceptors (Lipinski definition) is 4. The molecule has 0 aromatic carbocycles. The zero-order valence-electron chi connectivity index (χ0n) is 14.5. The first-order valence-corrected chi connectivity index (χ1v) is 9.36. The molecule has 0 bridgehead atoms. The smallest absolute Gasteiger partial charge is 0.254 e. The highest BCUT2D eigenvalue weighted by molar-refractivity contribution is 7.12. The largest absolute Gasteiger partial charge is 0.466 e. The Hall–Kier alpha value is -1.59. The molecule has 0 spiro atoms. The van der Waals surface area contributed by atoms with Gasteiger partial charge in [-0.15, -0.1) is 11.3 Å². The predicted octanol–water partition coefficient (Wildman–Crippen LogP) is 4.25. The minimum Gasteiger partial charge on any atom is -0.466 e. The third-order valence-corrected chi connectivity index (χ3v) is 6.50. The van der Waals surface area contributed by atoms with Crippen LogP contribution in [0.15, 0.2) is 22.6 Å². The van der Waals surface area contributed by atoms with E-state index in [9.17, 15) is 9.90 Å². The lowest BCUT2D eigenvalue weighted by Crippen LogP contribution is -2.38. The van der Waals surface area contributed by atoms with E-state index in [2.05, 4.69) is 11.4 Å². The van der Waals surface area contributed by atoms with Crippen LogP contribution in [0.3, 0.4) is 0 Å². The normalized spacial score (nSPS) is 17.8. The van der Waals surface area contributed by atoms with Crippen LogP contribution in [0, 0.1) is 13.8 Å². The summed E-state index contributed by atoms with van der Waals surface area (Å²) in [6.07, 6.45) is 4.09. The highest BCUT2D eigenvalue weighted by Crippen LogP contribution is 2.44. The van der Waals surface area contributed by atoms with Crippen molar-refractivity contribution in [3.63, 3.8) is 0 Å². The summed E-state index contributed by atoms with van der Waals surface area (Å²) in [6, 6.07) is 5.93. The van der Waals surface area contributed by atoms with E-state index in [1.54, 1.807) is 24.3 Å². The quantitative estimate of drug-likeness (QED) is 0.850. The Bertz CT molecular complexity index is 723. The van der Waals surface area contributed by atoms with E-state index < -0.39 is 6.10 Å². The van der Waals surface area contributed by atoms with Gasteiger partial charge in [0.1, 0.15) is 11.5 Å². The SMILES string of the molecule is Cc1cc(C(=O)NCC2(c3ccc([C@@H](C)O)s3)CCCC2)c(C)o1. The van der Waals surface area contributed by atoms with Crippen molar-refractivity contribution in [1.29, 1.82) is 0 Å². The summed E-state index contributed by atoms with van der Waals surface area (Å²) in [7, 11) is 0. The van der Waals surface area contributed by atoms with Gasteiger partial charge in [0.25, 0.3) is 5.91 Å². The van der Waals surface area contributed by atoms with Crippen LogP contribution in [0.4, 0.5) is 0 Å². The number of carbonyl (C=O) groups excluding carboxylic acids is 1. The van der Waals surface area contributed by atoms with E-state index in [1.807, 2.05) is 19.9 Å². The molecule has 5 heteroatoms. The Morgan fingerprint density at radius 2 is 2.08 bits per heavy atom. The molecule has 2 aromatic heterocycles. The summed E-state index contributed by atoms with van der Waals surface area (Å²) >= 11 is 1.67. The Balaban J connectivity index is 1.76. The van der Waals surface area contributed by atoms with Gasteiger partial charge >= 0.3 is 0 Å². The van der Waals surface area contributed by atoms with Gasteiger partial charge in [-0.25, -0.2) is 0 Å². The highest BCUT2D eigenvalue weighted by atomic mass is 32.1. The fourth-order valence-corrected chi connectivity index (χ4v) is 4.81. The molecule has 24 heavy (non-hydrogen) atoms. The lowest BCUT2D eigenvalue weighted by Gasteiger charge is -2.28. The minimum absolute atomic E-state index is 0.000151. The third kappa shape index (κ3) is 3.28. The molecule has 1 saturated carbocycles. The number of rotatable bonds is 5. The minimum atomic E-state index is -0.437. The molecule has 130 valence electrons. The van der Waals surface area contributed by atoms with Crippen molar-refractivity contribution < 1.29 is 14.3 Å².